The number of hydrogen-bond donors (Lipinski definition) is 1. The second kappa shape index (κ2) is 5.23. The highest BCUT2D eigenvalue weighted by Crippen LogP contribution is 2.06. The van der Waals surface area contributed by atoms with Gasteiger partial charge in [-0.15, -0.1) is 0 Å². The van der Waals surface area contributed by atoms with Crippen LogP contribution in [0.15, 0.2) is 25.3 Å². The van der Waals surface area contributed by atoms with Crippen molar-refractivity contribution in [1.82, 2.24) is 39.7 Å². The molecule has 18 heavy (non-hydrogen) atoms. The molecule has 0 amide bonds. The number of aromatic nitrogens is 6. The van der Waals surface area contributed by atoms with Gasteiger partial charge in [-0.2, -0.15) is 10.2 Å². The molecule has 96 valence electrons. The van der Waals surface area contributed by atoms with Gasteiger partial charge in [0.15, 0.2) is 0 Å². The molecule has 0 spiro atoms. The lowest BCUT2D eigenvalue weighted by Gasteiger charge is -2.35. The predicted octanol–water partition coefficient (Wildman–Crippen LogP) is -1.20. The maximum atomic E-state index is 4.16. The van der Waals surface area contributed by atoms with E-state index in [-0.39, 0.29) is 0 Å². The maximum absolute atomic E-state index is 4.16. The molecule has 2 aromatic heterocycles. The Morgan fingerprint density at radius 2 is 1.89 bits per heavy atom. The van der Waals surface area contributed by atoms with E-state index in [4.69, 9.17) is 0 Å². The summed E-state index contributed by atoms with van der Waals surface area (Å²) in [7, 11) is 0. The predicted molar refractivity (Wildman–Crippen MR) is 63.4 cm³/mol. The summed E-state index contributed by atoms with van der Waals surface area (Å²) in [5, 5.41) is 11.7. The van der Waals surface area contributed by atoms with Crippen molar-refractivity contribution >= 4 is 0 Å². The van der Waals surface area contributed by atoms with E-state index in [0.717, 1.165) is 32.8 Å². The van der Waals surface area contributed by atoms with Gasteiger partial charge >= 0.3 is 0 Å². The highest BCUT2D eigenvalue weighted by Gasteiger charge is 2.23. The molecule has 1 unspecified atom stereocenters. The van der Waals surface area contributed by atoms with Gasteiger partial charge in [-0.05, 0) is 0 Å². The lowest BCUT2D eigenvalue weighted by atomic mass is 10.2. The van der Waals surface area contributed by atoms with E-state index in [1.165, 1.54) is 0 Å². The summed E-state index contributed by atoms with van der Waals surface area (Å²) in [5.74, 6) is 0. The third-order valence-corrected chi connectivity index (χ3v) is 3.13. The zero-order valence-electron chi connectivity index (χ0n) is 10.1. The third kappa shape index (κ3) is 2.54. The van der Waals surface area contributed by atoms with Gasteiger partial charge in [0.25, 0.3) is 0 Å². The van der Waals surface area contributed by atoms with E-state index in [2.05, 4.69) is 30.4 Å². The first-order valence-electron chi connectivity index (χ1n) is 6.01. The molecule has 1 fully saturated rings. The minimum absolute atomic E-state index is 0.393. The van der Waals surface area contributed by atoms with Crippen molar-refractivity contribution in [3.8, 4) is 0 Å². The number of rotatable bonds is 4. The molecule has 3 heterocycles. The zero-order chi connectivity index (χ0) is 12.2. The molecule has 1 aliphatic rings. The van der Waals surface area contributed by atoms with Crippen molar-refractivity contribution in [3.05, 3.63) is 25.3 Å². The Bertz CT molecular complexity index is 406. The topological polar surface area (TPSA) is 76.7 Å². The van der Waals surface area contributed by atoms with E-state index in [1.807, 2.05) is 9.36 Å². The quantitative estimate of drug-likeness (QED) is 0.732. The van der Waals surface area contributed by atoms with Crippen LogP contribution in [-0.4, -0.2) is 60.1 Å². The molecule has 1 aliphatic heterocycles. The number of nitrogens with zero attached hydrogens (tertiary/aromatic N) is 7. The molecule has 0 saturated carbocycles. The van der Waals surface area contributed by atoms with Crippen molar-refractivity contribution in [3.63, 3.8) is 0 Å². The summed E-state index contributed by atoms with van der Waals surface area (Å²) in [5.41, 5.74) is 0. The van der Waals surface area contributed by atoms with Gasteiger partial charge in [0, 0.05) is 25.7 Å². The van der Waals surface area contributed by atoms with Crippen molar-refractivity contribution in [2.45, 2.75) is 19.3 Å². The largest absolute Gasteiger partial charge is 0.314 e. The molecule has 1 saturated heterocycles. The summed E-state index contributed by atoms with van der Waals surface area (Å²) in [6.07, 6.45) is 6.63. The van der Waals surface area contributed by atoms with Crippen LogP contribution in [0, 0.1) is 0 Å². The first kappa shape index (κ1) is 11.3. The van der Waals surface area contributed by atoms with Crippen LogP contribution in [0.3, 0.4) is 0 Å². The van der Waals surface area contributed by atoms with Crippen LogP contribution in [0.2, 0.25) is 0 Å². The summed E-state index contributed by atoms with van der Waals surface area (Å²) in [4.78, 5) is 10.3. The van der Waals surface area contributed by atoms with E-state index in [9.17, 15) is 0 Å². The summed E-state index contributed by atoms with van der Waals surface area (Å²) >= 11 is 0. The average molecular weight is 248 g/mol. The molecular weight excluding hydrogens is 232 g/mol. The molecule has 3 rings (SSSR count). The van der Waals surface area contributed by atoms with Gasteiger partial charge in [-0.1, -0.05) is 0 Å². The zero-order valence-corrected chi connectivity index (χ0v) is 10.1. The molecule has 1 N–H and O–H groups in total. The van der Waals surface area contributed by atoms with Crippen LogP contribution < -0.4 is 5.32 Å². The SMILES string of the molecule is c1ncn(CC2CNCCN2Cn2cncn2)n1. The molecule has 2 aromatic rings. The summed E-state index contributed by atoms with van der Waals surface area (Å²) in [6.45, 7) is 4.55. The van der Waals surface area contributed by atoms with Crippen molar-refractivity contribution in [1.29, 1.82) is 0 Å². The average Bonchev–Trinajstić information content (AvgIpc) is 3.05. The highest BCUT2D eigenvalue weighted by atomic mass is 15.4. The minimum Gasteiger partial charge on any atom is -0.314 e. The Morgan fingerprint density at radius 3 is 2.61 bits per heavy atom. The van der Waals surface area contributed by atoms with Crippen LogP contribution >= 0.6 is 0 Å². The van der Waals surface area contributed by atoms with Gasteiger partial charge < -0.3 is 5.32 Å². The van der Waals surface area contributed by atoms with Crippen molar-refractivity contribution < 1.29 is 0 Å². The smallest absolute Gasteiger partial charge is 0.137 e. The third-order valence-electron chi connectivity index (χ3n) is 3.13. The van der Waals surface area contributed by atoms with Crippen molar-refractivity contribution in [2.24, 2.45) is 0 Å². The first-order valence-corrected chi connectivity index (χ1v) is 6.01. The van der Waals surface area contributed by atoms with Gasteiger partial charge in [0.2, 0.25) is 0 Å². The van der Waals surface area contributed by atoms with E-state index >= 15 is 0 Å². The molecule has 8 heteroatoms. The molecular formula is C10H16N8. The van der Waals surface area contributed by atoms with E-state index < -0.39 is 0 Å². The summed E-state index contributed by atoms with van der Waals surface area (Å²) in [6, 6.07) is 0.393. The van der Waals surface area contributed by atoms with Crippen LogP contribution in [0.5, 0.6) is 0 Å². The van der Waals surface area contributed by atoms with Crippen molar-refractivity contribution in [2.75, 3.05) is 19.6 Å². The summed E-state index contributed by atoms with van der Waals surface area (Å²) < 4.78 is 3.71. The van der Waals surface area contributed by atoms with Crippen LogP contribution in [0.1, 0.15) is 0 Å². The number of hydrogen-bond acceptors (Lipinski definition) is 6. The van der Waals surface area contributed by atoms with Crippen LogP contribution in [0.4, 0.5) is 0 Å². The molecule has 0 bridgehead atoms. The van der Waals surface area contributed by atoms with Crippen LogP contribution in [0.25, 0.3) is 0 Å². The first-order chi connectivity index (χ1) is 8.92. The fourth-order valence-electron chi connectivity index (χ4n) is 2.20. The lowest BCUT2D eigenvalue weighted by Crippen LogP contribution is -2.53. The van der Waals surface area contributed by atoms with Gasteiger partial charge in [0.1, 0.15) is 25.3 Å². The Labute approximate surface area is 105 Å². The molecule has 0 aromatic carbocycles. The Balaban J connectivity index is 1.66. The Hall–Kier alpha value is -1.80. The highest BCUT2D eigenvalue weighted by molar-refractivity contribution is 4.79. The second-order valence-corrected chi connectivity index (χ2v) is 4.36. The lowest BCUT2D eigenvalue weighted by molar-refractivity contribution is 0.101. The fourth-order valence-corrected chi connectivity index (χ4v) is 2.20. The van der Waals surface area contributed by atoms with Gasteiger partial charge in [-0.25, -0.2) is 14.6 Å². The minimum atomic E-state index is 0.393. The molecule has 0 radical (unpaired) electrons. The normalized spacial score (nSPS) is 21.2. The second-order valence-electron chi connectivity index (χ2n) is 4.36. The number of piperazine rings is 1. The van der Waals surface area contributed by atoms with Crippen LogP contribution in [-0.2, 0) is 13.2 Å². The Kier molecular flexibility index (Phi) is 3.29. The van der Waals surface area contributed by atoms with Gasteiger partial charge in [-0.3, -0.25) is 9.58 Å². The molecule has 1 atom stereocenters. The van der Waals surface area contributed by atoms with E-state index in [0.29, 0.717) is 6.04 Å². The standard InChI is InChI=1S/C10H16N8/c1-2-16(9-18-8-13-6-15-18)10(3-11-1)4-17-7-12-5-14-17/h5-8,10-11H,1-4,9H2. The molecule has 8 nitrogen and oxygen atoms in total. The number of nitrogens with one attached hydrogen (secondary N) is 1. The fraction of sp³-hybridized carbons (Fsp3) is 0.600. The van der Waals surface area contributed by atoms with Gasteiger partial charge in [0.05, 0.1) is 13.2 Å². The Morgan fingerprint density at radius 1 is 1.11 bits per heavy atom. The monoisotopic (exact) mass is 248 g/mol. The molecule has 0 aliphatic carbocycles. The van der Waals surface area contributed by atoms with E-state index in [1.54, 1.807) is 25.3 Å². The maximum Gasteiger partial charge on any atom is 0.137 e.